The van der Waals surface area contributed by atoms with Gasteiger partial charge in [0.15, 0.2) is 0 Å². The van der Waals surface area contributed by atoms with Gasteiger partial charge in [0.1, 0.15) is 5.75 Å². The summed E-state index contributed by atoms with van der Waals surface area (Å²) < 4.78 is 7.16. The number of rotatable bonds is 3. The van der Waals surface area contributed by atoms with E-state index in [4.69, 9.17) is 10.5 Å². The molecule has 2 nitrogen and oxygen atoms in total. The van der Waals surface area contributed by atoms with E-state index in [2.05, 4.69) is 41.9 Å². The molecule has 0 aromatic heterocycles. The van der Waals surface area contributed by atoms with Crippen molar-refractivity contribution in [2.24, 2.45) is 17.6 Å². The van der Waals surface area contributed by atoms with E-state index in [1.54, 1.807) is 0 Å². The van der Waals surface area contributed by atoms with Crippen molar-refractivity contribution in [1.82, 2.24) is 0 Å². The lowest BCUT2D eigenvalue weighted by molar-refractivity contribution is 0.0999. The molecule has 0 bridgehead atoms. The molecule has 1 aromatic carbocycles. The lowest BCUT2D eigenvalue weighted by atomic mass is 9.80. The molecule has 1 aliphatic carbocycles. The Bertz CT molecular complexity index is 433. The van der Waals surface area contributed by atoms with E-state index in [1.807, 2.05) is 13.0 Å². The molecular weight excluding hydrogens is 302 g/mol. The fraction of sp³-hybridized carbons (Fsp3) is 0.625. The van der Waals surface area contributed by atoms with Crippen molar-refractivity contribution >= 4 is 15.9 Å². The van der Waals surface area contributed by atoms with Crippen molar-refractivity contribution in [1.29, 1.82) is 0 Å². The van der Waals surface area contributed by atoms with E-state index in [0.29, 0.717) is 6.10 Å². The third-order valence-electron chi connectivity index (χ3n) is 4.33. The van der Waals surface area contributed by atoms with Crippen LogP contribution in [0, 0.1) is 11.8 Å². The van der Waals surface area contributed by atoms with Crippen LogP contribution >= 0.6 is 15.9 Å². The van der Waals surface area contributed by atoms with Crippen molar-refractivity contribution < 1.29 is 4.74 Å². The van der Waals surface area contributed by atoms with Gasteiger partial charge >= 0.3 is 0 Å². The minimum absolute atomic E-state index is 0.0564. The minimum atomic E-state index is 0.0564. The zero-order chi connectivity index (χ0) is 14.0. The van der Waals surface area contributed by atoms with Gasteiger partial charge in [-0.15, -0.1) is 0 Å². The molecule has 0 saturated heterocycles. The Morgan fingerprint density at radius 2 is 2.00 bits per heavy atom. The van der Waals surface area contributed by atoms with E-state index >= 15 is 0 Å². The Morgan fingerprint density at radius 1 is 1.26 bits per heavy atom. The number of benzene rings is 1. The van der Waals surface area contributed by atoms with Gasteiger partial charge in [-0.1, -0.05) is 19.9 Å². The van der Waals surface area contributed by atoms with Crippen LogP contribution in [0.1, 0.15) is 51.6 Å². The van der Waals surface area contributed by atoms with Crippen LogP contribution in [0.3, 0.4) is 0 Å². The molecule has 0 spiro atoms. The van der Waals surface area contributed by atoms with Crippen LogP contribution in [0.2, 0.25) is 0 Å². The number of hydrogen-bond acceptors (Lipinski definition) is 2. The first-order valence-corrected chi connectivity index (χ1v) is 7.98. The largest absolute Gasteiger partial charge is 0.489 e. The molecule has 1 aliphatic rings. The number of nitrogens with two attached hydrogens (primary N) is 1. The maximum absolute atomic E-state index is 6.15. The Hall–Kier alpha value is -0.540. The molecule has 0 amide bonds. The SMILES string of the molecule is CC1CCC(Oc2ccc([C@@H](C)N)cc2Br)CC1C. The van der Waals surface area contributed by atoms with E-state index < -0.39 is 0 Å². The molecule has 3 unspecified atom stereocenters. The second kappa shape index (κ2) is 6.27. The van der Waals surface area contributed by atoms with Crippen molar-refractivity contribution in [3.63, 3.8) is 0 Å². The van der Waals surface area contributed by atoms with Gasteiger partial charge in [-0.2, -0.15) is 0 Å². The van der Waals surface area contributed by atoms with Gasteiger partial charge < -0.3 is 10.5 Å². The van der Waals surface area contributed by atoms with Crippen molar-refractivity contribution in [2.75, 3.05) is 0 Å². The van der Waals surface area contributed by atoms with Crippen LogP contribution < -0.4 is 10.5 Å². The molecule has 2 rings (SSSR count). The highest BCUT2D eigenvalue weighted by Gasteiger charge is 2.26. The standard InChI is InChI=1S/C16H24BrNO/c1-10-4-6-14(8-11(10)2)19-16-7-5-13(12(3)18)9-15(16)17/h5,7,9-12,14H,4,6,8,18H2,1-3H3/t10?,11?,12-,14?/m1/s1. The zero-order valence-electron chi connectivity index (χ0n) is 12.0. The van der Waals surface area contributed by atoms with Crippen LogP contribution in [0.4, 0.5) is 0 Å². The Balaban J connectivity index is 2.03. The summed E-state index contributed by atoms with van der Waals surface area (Å²) in [4.78, 5) is 0. The van der Waals surface area contributed by atoms with Gasteiger partial charge in [-0.05, 0) is 71.6 Å². The maximum Gasteiger partial charge on any atom is 0.133 e. The summed E-state index contributed by atoms with van der Waals surface area (Å²) in [7, 11) is 0. The zero-order valence-corrected chi connectivity index (χ0v) is 13.6. The predicted molar refractivity (Wildman–Crippen MR) is 83.3 cm³/mol. The molecule has 0 radical (unpaired) electrons. The topological polar surface area (TPSA) is 35.2 Å². The molecule has 1 fully saturated rings. The summed E-state index contributed by atoms with van der Waals surface area (Å²) >= 11 is 3.59. The molecular formula is C16H24BrNO. The van der Waals surface area contributed by atoms with Crippen LogP contribution in [-0.2, 0) is 0 Å². The monoisotopic (exact) mass is 325 g/mol. The lowest BCUT2D eigenvalue weighted by Crippen LogP contribution is -2.28. The highest BCUT2D eigenvalue weighted by atomic mass is 79.9. The van der Waals surface area contributed by atoms with Gasteiger partial charge in [0, 0.05) is 6.04 Å². The molecule has 4 atom stereocenters. The normalized spacial score (nSPS) is 29.0. The summed E-state index contributed by atoms with van der Waals surface area (Å²) in [6.07, 6.45) is 3.93. The smallest absolute Gasteiger partial charge is 0.133 e. The number of halogens is 1. The second-order valence-electron chi connectivity index (χ2n) is 5.99. The molecule has 106 valence electrons. The highest BCUT2D eigenvalue weighted by Crippen LogP contribution is 2.34. The van der Waals surface area contributed by atoms with Crippen LogP contribution in [0.25, 0.3) is 0 Å². The van der Waals surface area contributed by atoms with E-state index in [-0.39, 0.29) is 6.04 Å². The third-order valence-corrected chi connectivity index (χ3v) is 4.95. The first-order valence-electron chi connectivity index (χ1n) is 7.19. The van der Waals surface area contributed by atoms with Crippen LogP contribution in [-0.4, -0.2) is 6.10 Å². The molecule has 2 N–H and O–H groups in total. The molecule has 1 aromatic rings. The summed E-state index contributed by atoms with van der Waals surface area (Å²) in [6.45, 7) is 6.66. The molecule has 19 heavy (non-hydrogen) atoms. The summed E-state index contributed by atoms with van der Waals surface area (Å²) in [5.74, 6) is 2.51. The average Bonchev–Trinajstić information content (AvgIpc) is 2.36. The summed E-state index contributed by atoms with van der Waals surface area (Å²) in [5, 5.41) is 0. The number of ether oxygens (including phenoxy) is 1. The maximum atomic E-state index is 6.15. The quantitative estimate of drug-likeness (QED) is 0.876. The lowest BCUT2D eigenvalue weighted by Gasteiger charge is -2.32. The van der Waals surface area contributed by atoms with Gasteiger partial charge in [0.25, 0.3) is 0 Å². The molecule has 3 heteroatoms. The van der Waals surface area contributed by atoms with Crippen molar-refractivity contribution in [2.45, 2.75) is 52.2 Å². The summed E-state index contributed by atoms with van der Waals surface area (Å²) in [5.41, 5.74) is 7.02. The van der Waals surface area contributed by atoms with E-state index in [1.165, 1.54) is 6.42 Å². The highest BCUT2D eigenvalue weighted by molar-refractivity contribution is 9.10. The fourth-order valence-corrected chi connectivity index (χ4v) is 3.17. The Morgan fingerprint density at radius 3 is 2.58 bits per heavy atom. The Labute approximate surface area is 124 Å². The van der Waals surface area contributed by atoms with Crippen molar-refractivity contribution in [3.05, 3.63) is 28.2 Å². The van der Waals surface area contributed by atoms with Crippen LogP contribution in [0.5, 0.6) is 5.75 Å². The van der Waals surface area contributed by atoms with Crippen molar-refractivity contribution in [3.8, 4) is 5.75 Å². The Kier molecular flexibility index (Phi) is 4.91. The second-order valence-corrected chi connectivity index (χ2v) is 6.84. The first kappa shape index (κ1) is 14.9. The molecule has 0 heterocycles. The van der Waals surface area contributed by atoms with E-state index in [0.717, 1.165) is 40.5 Å². The van der Waals surface area contributed by atoms with E-state index in [9.17, 15) is 0 Å². The van der Waals surface area contributed by atoms with Gasteiger partial charge in [-0.25, -0.2) is 0 Å². The average molecular weight is 326 g/mol. The van der Waals surface area contributed by atoms with Gasteiger partial charge in [0.2, 0.25) is 0 Å². The fourth-order valence-electron chi connectivity index (χ4n) is 2.68. The molecule has 0 aliphatic heterocycles. The van der Waals surface area contributed by atoms with Gasteiger partial charge in [-0.3, -0.25) is 0 Å². The third kappa shape index (κ3) is 3.73. The number of hydrogen-bond donors (Lipinski definition) is 1. The van der Waals surface area contributed by atoms with Crippen LogP contribution in [0.15, 0.2) is 22.7 Å². The minimum Gasteiger partial charge on any atom is -0.489 e. The van der Waals surface area contributed by atoms with Gasteiger partial charge in [0.05, 0.1) is 10.6 Å². The molecule has 1 saturated carbocycles. The summed E-state index contributed by atoms with van der Waals surface area (Å²) in [6, 6.07) is 6.21. The predicted octanol–water partition coefficient (Wildman–Crippen LogP) is 4.67. The first-order chi connectivity index (χ1) is 8.97.